The number of hydrazone groups is 1. The Morgan fingerprint density at radius 2 is 1.69 bits per heavy atom. The van der Waals surface area contributed by atoms with Gasteiger partial charge in [-0.2, -0.15) is 5.10 Å². The van der Waals surface area contributed by atoms with Gasteiger partial charge >= 0.3 is 0 Å². The van der Waals surface area contributed by atoms with Crippen LogP contribution in [0.1, 0.15) is 74.1 Å². The van der Waals surface area contributed by atoms with Gasteiger partial charge in [0.2, 0.25) is 5.95 Å². The molecule has 0 radical (unpaired) electrons. The number of nitrogens with two attached hydrogens (primary N) is 1. The number of unbranched alkanes of at least 4 members (excludes halogenated alkanes) is 5. The first-order valence-electron chi connectivity index (χ1n) is 16.5. The lowest BCUT2D eigenvalue weighted by atomic mass is 9.95. The zero-order chi connectivity index (χ0) is 33.7. The van der Waals surface area contributed by atoms with Crippen LogP contribution in [-0.2, 0) is 6.54 Å². The molecule has 1 aliphatic heterocycles. The number of halogens is 3. The molecule has 4 aromatic rings. The lowest BCUT2D eigenvalue weighted by Gasteiger charge is -2.13. The largest absolute Gasteiger partial charge is 0.324 e. The van der Waals surface area contributed by atoms with Gasteiger partial charge in [-0.25, -0.2) is 18.7 Å². The fraction of sp³-hybridized carbons (Fsp3) is 0.324. The maximum atomic E-state index is 14.9. The Balaban J connectivity index is 1.21. The van der Waals surface area contributed by atoms with Crippen LogP contribution in [0.25, 0.3) is 11.3 Å². The maximum absolute atomic E-state index is 14.9. The van der Waals surface area contributed by atoms with Crippen molar-refractivity contribution in [3.63, 3.8) is 0 Å². The molecular weight excluding hydrogens is 630 g/mol. The molecule has 0 fully saturated rings. The molecule has 1 aromatic heterocycles. The van der Waals surface area contributed by atoms with Crippen LogP contribution in [0.15, 0.2) is 81.9 Å². The van der Waals surface area contributed by atoms with Crippen molar-refractivity contribution in [2.24, 2.45) is 20.9 Å². The minimum absolute atomic E-state index is 0.137. The maximum Gasteiger partial charge on any atom is 0.227 e. The van der Waals surface area contributed by atoms with Crippen LogP contribution in [-0.4, -0.2) is 47.2 Å². The SMILES string of the molecule is CCCCCCCCNCCCN=CC(=NN)c1ccc(Nc2ncc3c(n2)-c2ccc(Cl)cc2C(c2c(F)cccc2F)=NC3)cc1. The number of hydrogen-bond acceptors (Lipinski definition) is 8. The number of aliphatic imine (C=N–C) groups is 2. The van der Waals surface area contributed by atoms with E-state index in [1.807, 2.05) is 24.3 Å². The Morgan fingerprint density at radius 3 is 2.46 bits per heavy atom. The molecule has 0 saturated carbocycles. The van der Waals surface area contributed by atoms with E-state index in [2.05, 4.69) is 37.6 Å². The monoisotopic (exact) mass is 670 g/mol. The van der Waals surface area contributed by atoms with Crippen molar-refractivity contribution in [1.29, 1.82) is 0 Å². The molecule has 0 saturated heterocycles. The Hall–Kier alpha value is -4.54. The lowest BCUT2D eigenvalue weighted by molar-refractivity contribution is 0.567. The summed E-state index contributed by atoms with van der Waals surface area (Å²) in [5.74, 6) is 4.62. The summed E-state index contributed by atoms with van der Waals surface area (Å²) >= 11 is 6.34. The fourth-order valence-electron chi connectivity index (χ4n) is 5.56. The molecule has 3 aromatic carbocycles. The predicted octanol–water partition coefficient (Wildman–Crippen LogP) is 8.24. The molecule has 2 heterocycles. The molecule has 1 aliphatic rings. The number of nitrogens with one attached hydrogen (secondary N) is 2. The van der Waals surface area contributed by atoms with E-state index < -0.39 is 11.6 Å². The molecule has 48 heavy (non-hydrogen) atoms. The summed E-state index contributed by atoms with van der Waals surface area (Å²) in [6.45, 7) is 5.05. The standard InChI is InChI=1S/C37H41ClF2N8/c1-2-3-4-5-6-7-18-42-19-9-20-43-24-33(48-41)25-12-15-28(16-13-25)46-37-45-23-26-22-44-36(34-31(39)10-8-11-32(34)40)30-21-27(38)14-17-29(30)35(26)47-37/h8,10-17,21,23-24,42H,2-7,9,18-20,22,41H2,1H3,(H,45,46,47). The average molecular weight is 671 g/mol. The number of rotatable bonds is 16. The highest BCUT2D eigenvalue weighted by Crippen LogP contribution is 2.34. The smallest absolute Gasteiger partial charge is 0.227 e. The van der Waals surface area contributed by atoms with Crippen molar-refractivity contribution in [1.82, 2.24) is 15.3 Å². The van der Waals surface area contributed by atoms with Crippen molar-refractivity contribution in [3.05, 3.63) is 106 Å². The summed E-state index contributed by atoms with van der Waals surface area (Å²) in [6, 6.07) is 16.4. The molecule has 8 nitrogen and oxygen atoms in total. The van der Waals surface area contributed by atoms with E-state index in [1.165, 1.54) is 56.7 Å². The second-order valence-corrected chi connectivity index (χ2v) is 12.1. The molecular formula is C37H41ClF2N8. The van der Waals surface area contributed by atoms with Crippen molar-refractivity contribution >= 4 is 40.9 Å². The van der Waals surface area contributed by atoms with Crippen LogP contribution in [0, 0.1) is 11.6 Å². The van der Waals surface area contributed by atoms with Gasteiger partial charge < -0.3 is 16.5 Å². The van der Waals surface area contributed by atoms with Crippen LogP contribution < -0.4 is 16.5 Å². The van der Waals surface area contributed by atoms with Gasteiger partial charge in [0.05, 0.1) is 23.5 Å². The van der Waals surface area contributed by atoms with Gasteiger partial charge in [-0.05, 0) is 62.3 Å². The molecule has 0 unspecified atom stereocenters. The first-order chi connectivity index (χ1) is 23.5. The molecule has 0 aliphatic carbocycles. The molecule has 0 spiro atoms. The Kier molecular flexibility index (Phi) is 12.7. The zero-order valence-corrected chi connectivity index (χ0v) is 27.9. The third kappa shape index (κ3) is 9.08. The third-order valence-electron chi connectivity index (χ3n) is 8.10. The van der Waals surface area contributed by atoms with Gasteiger partial charge in [0.1, 0.15) is 17.3 Å². The number of anilines is 2. The van der Waals surface area contributed by atoms with Crippen LogP contribution in [0.2, 0.25) is 5.02 Å². The van der Waals surface area contributed by atoms with E-state index >= 15 is 0 Å². The Labute approximate surface area is 285 Å². The highest BCUT2D eigenvalue weighted by Gasteiger charge is 2.25. The number of hydrogen-bond donors (Lipinski definition) is 3. The van der Waals surface area contributed by atoms with Gasteiger partial charge in [-0.15, -0.1) is 0 Å². The molecule has 4 N–H and O–H groups in total. The van der Waals surface area contributed by atoms with Crippen molar-refractivity contribution in [2.45, 2.75) is 58.4 Å². The Morgan fingerprint density at radius 1 is 0.938 bits per heavy atom. The molecule has 0 atom stereocenters. The second kappa shape index (κ2) is 17.6. The highest BCUT2D eigenvalue weighted by molar-refractivity contribution is 6.38. The van der Waals surface area contributed by atoms with Gasteiger partial charge in [0, 0.05) is 51.9 Å². The van der Waals surface area contributed by atoms with E-state index in [1.54, 1.807) is 30.6 Å². The Bertz CT molecular complexity index is 1750. The number of aromatic nitrogens is 2. The number of benzene rings is 3. The van der Waals surface area contributed by atoms with E-state index in [-0.39, 0.29) is 17.8 Å². The molecule has 0 amide bonds. The van der Waals surface area contributed by atoms with Crippen LogP contribution in [0.5, 0.6) is 0 Å². The normalized spacial score (nSPS) is 12.8. The van der Waals surface area contributed by atoms with E-state index in [4.69, 9.17) is 22.4 Å². The fourth-order valence-corrected chi connectivity index (χ4v) is 5.73. The highest BCUT2D eigenvalue weighted by atomic mass is 35.5. The van der Waals surface area contributed by atoms with E-state index in [9.17, 15) is 8.78 Å². The molecule has 11 heteroatoms. The summed E-state index contributed by atoms with van der Waals surface area (Å²) in [5, 5.41) is 11.1. The summed E-state index contributed by atoms with van der Waals surface area (Å²) in [6.07, 6.45) is 12.1. The van der Waals surface area contributed by atoms with Crippen LogP contribution in [0.3, 0.4) is 0 Å². The van der Waals surface area contributed by atoms with Gasteiger partial charge in [-0.3, -0.25) is 9.98 Å². The van der Waals surface area contributed by atoms with E-state index in [0.717, 1.165) is 30.8 Å². The average Bonchev–Trinajstić information content (AvgIpc) is 3.24. The first-order valence-corrected chi connectivity index (χ1v) is 16.9. The van der Waals surface area contributed by atoms with Crippen molar-refractivity contribution in [3.8, 4) is 11.3 Å². The molecule has 0 bridgehead atoms. The molecule has 5 rings (SSSR count). The third-order valence-corrected chi connectivity index (χ3v) is 8.34. The van der Waals surface area contributed by atoms with Crippen LogP contribution in [0.4, 0.5) is 20.4 Å². The summed E-state index contributed by atoms with van der Waals surface area (Å²) in [4.78, 5) is 18.4. The number of nitrogens with zero attached hydrogens (tertiary/aromatic N) is 5. The molecule has 250 valence electrons. The van der Waals surface area contributed by atoms with Gasteiger partial charge in [-0.1, -0.05) is 74.9 Å². The summed E-state index contributed by atoms with van der Waals surface area (Å²) < 4.78 is 29.7. The van der Waals surface area contributed by atoms with Crippen molar-refractivity contribution in [2.75, 3.05) is 25.0 Å². The number of fused-ring (bicyclic) bond motifs is 3. The van der Waals surface area contributed by atoms with Gasteiger partial charge in [0.25, 0.3) is 0 Å². The summed E-state index contributed by atoms with van der Waals surface area (Å²) in [7, 11) is 0. The van der Waals surface area contributed by atoms with Crippen LogP contribution >= 0.6 is 11.6 Å². The minimum atomic E-state index is -0.706. The first kappa shape index (κ1) is 34.8. The van der Waals surface area contributed by atoms with E-state index in [0.29, 0.717) is 45.6 Å². The zero-order valence-electron chi connectivity index (χ0n) is 27.2. The quantitative estimate of drug-likeness (QED) is 0.0481. The van der Waals surface area contributed by atoms with Gasteiger partial charge in [0.15, 0.2) is 0 Å². The topological polar surface area (TPSA) is 113 Å². The lowest BCUT2D eigenvalue weighted by Crippen LogP contribution is -2.17. The minimum Gasteiger partial charge on any atom is -0.324 e. The second-order valence-electron chi connectivity index (χ2n) is 11.6. The predicted molar refractivity (Wildman–Crippen MR) is 193 cm³/mol. The van der Waals surface area contributed by atoms with Crippen molar-refractivity contribution < 1.29 is 8.78 Å². The summed E-state index contributed by atoms with van der Waals surface area (Å²) in [5.41, 5.74) is 4.56.